The smallest absolute Gasteiger partial charge is 0.122 e. The van der Waals surface area contributed by atoms with Gasteiger partial charge in [0.1, 0.15) is 17.2 Å². The van der Waals surface area contributed by atoms with Crippen LogP contribution < -0.4 is 0 Å². The van der Waals surface area contributed by atoms with E-state index in [0.717, 1.165) is 63.0 Å². The number of H-pyrrole nitrogens is 2. The second-order valence-electron chi connectivity index (χ2n) is 7.61. The summed E-state index contributed by atoms with van der Waals surface area (Å²) < 4.78 is 0. The van der Waals surface area contributed by atoms with Crippen molar-refractivity contribution in [1.29, 1.82) is 0 Å². The van der Waals surface area contributed by atoms with Gasteiger partial charge in [-0.15, -0.1) is 0 Å². The van der Waals surface area contributed by atoms with Gasteiger partial charge in [0.05, 0.1) is 22.8 Å². The Kier molecular flexibility index (Phi) is 6.54. The number of phenols is 3. The van der Waals surface area contributed by atoms with Gasteiger partial charge in [-0.25, -0.2) is 9.97 Å². The van der Waals surface area contributed by atoms with Crippen LogP contribution in [0.15, 0.2) is 66.7 Å². The molecule has 8 heteroatoms. The fourth-order valence-corrected chi connectivity index (χ4v) is 3.52. The molecule has 5 N–H and O–H groups in total. The number of rotatable bonds is 0. The molecular weight excluding hydrogens is 472 g/mol. The Morgan fingerprint density at radius 3 is 0.971 bits per heavy atom. The molecule has 170 valence electrons. The molecule has 0 fully saturated rings. The van der Waals surface area contributed by atoms with Crippen molar-refractivity contribution >= 4 is 46.4 Å². The Hall–Kier alpha value is -4.26. The van der Waals surface area contributed by atoms with E-state index in [-0.39, 0.29) is 34.3 Å². The molecule has 3 aromatic heterocycles. The Balaban J connectivity index is 0.000000234. The summed E-state index contributed by atoms with van der Waals surface area (Å²) in [6.07, 6.45) is 8.09. The minimum absolute atomic E-state index is 0. The van der Waals surface area contributed by atoms with E-state index in [0.29, 0.717) is 0 Å². The van der Waals surface area contributed by atoms with Crippen LogP contribution in [0, 0.1) is 0 Å². The Bertz CT molecular complexity index is 1340. The van der Waals surface area contributed by atoms with Crippen molar-refractivity contribution in [3.05, 3.63) is 89.5 Å². The maximum absolute atomic E-state index is 8.67. The molecule has 0 amide bonds. The summed E-state index contributed by atoms with van der Waals surface area (Å²) in [4.78, 5) is 16.0. The van der Waals surface area contributed by atoms with Crippen LogP contribution in [0.2, 0.25) is 0 Å². The van der Waals surface area contributed by atoms with Crippen LogP contribution in [-0.2, 0) is 17.1 Å². The van der Waals surface area contributed by atoms with Crippen LogP contribution in [0.4, 0.5) is 0 Å². The third kappa shape index (κ3) is 5.56. The average Bonchev–Trinajstić information content (AvgIpc) is 3.53. The van der Waals surface area contributed by atoms with Crippen molar-refractivity contribution in [1.82, 2.24) is 19.9 Å². The first kappa shape index (κ1) is 22.9. The maximum atomic E-state index is 8.67. The molecule has 34 heavy (non-hydrogen) atoms. The summed E-state index contributed by atoms with van der Waals surface area (Å²) >= 11 is 0. The molecule has 2 aliphatic rings. The zero-order valence-electron chi connectivity index (χ0n) is 17.7. The van der Waals surface area contributed by atoms with Gasteiger partial charge in [-0.05, 0) is 72.8 Å². The van der Waals surface area contributed by atoms with Crippen molar-refractivity contribution in [3.8, 4) is 17.2 Å². The van der Waals surface area contributed by atoms with Gasteiger partial charge in [0, 0.05) is 57.3 Å². The van der Waals surface area contributed by atoms with Gasteiger partial charge in [0.15, 0.2) is 0 Å². The summed E-state index contributed by atoms with van der Waals surface area (Å²) in [5.74, 6) is -0.437. The minimum atomic E-state index is -0.146. The SMILES string of the molecule is C1=Cc2cc3ccc(cc4nc(cc5ccc(cc1n2)[nH]5)C=C4)[nH]3.Oc1cc(O)cc(O)c1.[Fe]. The predicted octanol–water partition coefficient (Wildman–Crippen LogP) is 5.46. The topological polar surface area (TPSA) is 118 Å². The number of aromatic amines is 2. The monoisotopic (exact) mass is 492 g/mol. The Labute approximate surface area is 205 Å². The first-order valence-corrected chi connectivity index (χ1v) is 10.2. The summed E-state index contributed by atoms with van der Waals surface area (Å²) in [6.45, 7) is 0. The van der Waals surface area contributed by atoms with Crippen molar-refractivity contribution in [2.45, 2.75) is 0 Å². The van der Waals surface area contributed by atoms with Crippen molar-refractivity contribution in [3.63, 3.8) is 0 Å². The first-order chi connectivity index (χ1) is 16.0. The van der Waals surface area contributed by atoms with E-state index in [4.69, 9.17) is 15.3 Å². The molecule has 7 nitrogen and oxygen atoms in total. The molecule has 0 atom stereocenters. The Morgan fingerprint density at radius 1 is 0.441 bits per heavy atom. The number of benzene rings is 1. The normalized spacial score (nSPS) is 11.4. The molecule has 1 aromatic carbocycles. The number of hydrogen-bond donors (Lipinski definition) is 5. The molecule has 6 rings (SSSR count). The number of phenolic OH excluding ortho intramolecular Hbond substituents is 3. The van der Waals surface area contributed by atoms with Gasteiger partial charge in [-0.3, -0.25) is 0 Å². The minimum Gasteiger partial charge on any atom is -0.508 e. The van der Waals surface area contributed by atoms with Crippen LogP contribution in [0.5, 0.6) is 17.2 Å². The first-order valence-electron chi connectivity index (χ1n) is 10.2. The van der Waals surface area contributed by atoms with E-state index in [1.807, 2.05) is 48.6 Å². The third-order valence-electron chi connectivity index (χ3n) is 4.93. The second kappa shape index (κ2) is 9.70. The average molecular weight is 492 g/mol. The van der Waals surface area contributed by atoms with E-state index in [1.54, 1.807) is 0 Å². The standard InChI is InChI=1S/C20H14N4.C6H6O3.Fe/c1-2-14-10-16-5-6-18(23-16)12-20-8-7-19(24-20)11-17-4-3-15(22-17)9-13(1)21-14;7-4-1-5(8)3-6(9)2-4;/h1-12,21,24H;1-3,7-9H;. The molecule has 0 saturated carbocycles. The van der Waals surface area contributed by atoms with Crippen LogP contribution in [0.1, 0.15) is 22.8 Å². The molecule has 0 spiro atoms. The van der Waals surface area contributed by atoms with Gasteiger partial charge in [0.2, 0.25) is 0 Å². The summed E-state index contributed by atoms with van der Waals surface area (Å²) in [5, 5.41) is 26.0. The summed E-state index contributed by atoms with van der Waals surface area (Å²) in [7, 11) is 0. The summed E-state index contributed by atoms with van der Waals surface area (Å²) in [6, 6.07) is 19.8. The molecule has 0 unspecified atom stereocenters. The zero-order chi connectivity index (χ0) is 22.8. The van der Waals surface area contributed by atoms with Crippen molar-refractivity contribution < 1.29 is 32.4 Å². The fraction of sp³-hybridized carbons (Fsp3) is 0. The molecule has 4 aromatic rings. The van der Waals surface area contributed by atoms with Crippen LogP contribution in [0.25, 0.3) is 46.4 Å². The molecule has 0 radical (unpaired) electrons. The van der Waals surface area contributed by atoms with E-state index in [1.165, 1.54) is 0 Å². The van der Waals surface area contributed by atoms with Crippen LogP contribution >= 0.6 is 0 Å². The van der Waals surface area contributed by atoms with Crippen LogP contribution in [0.3, 0.4) is 0 Å². The predicted molar refractivity (Wildman–Crippen MR) is 130 cm³/mol. The molecular formula is C26H20FeN4O3. The quantitative estimate of drug-likeness (QED) is 0.181. The van der Waals surface area contributed by atoms with Gasteiger partial charge >= 0.3 is 0 Å². The number of fused-ring (bicyclic) bond motifs is 8. The van der Waals surface area contributed by atoms with E-state index in [2.05, 4.69) is 44.2 Å². The largest absolute Gasteiger partial charge is 0.508 e. The second-order valence-corrected chi connectivity index (χ2v) is 7.61. The van der Waals surface area contributed by atoms with E-state index < -0.39 is 0 Å². The number of hydrogen-bond acceptors (Lipinski definition) is 5. The molecule has 0 saturated heterocycles. The van der Waals surface area contributed by atoms with Gasteiger partial charge in [-0.1, -0.05) is 0 Å². The van der Waals surface area contributed by atoms with Crippen molar-refractivity contribution in [2.75, 3.05) is 0 Å². The van der Waals surface area contributed by atoms with E-state index in [9.17, 15) is 0 Å². The van der Waals surface area contributed by atoms with Crippen LogP contribution in [-0.4, -0.2) is 35.3 Å². The Morgan fingerprint density at radius 2 is 0.706 bits per heavy atom. The van der Waals surface area contributed by atoms with Crippen molar-refractivity contribution in [2.24, 2.45) is 0 Å². The number of nitrogens with zero attached hydrogens (tertiary/aromatic N) is 2. The molecule has 2 aliphatic heterocycles. The molecule has 0 aliphatic carbocycles. The maximum Gasteiger partial charge on any atom is 0.122 e. The molecule has 5 heterocycles. The zero-order valence-corrected chi connectivity index (χ0v) is 18.9. The van der Waals surface area contributed by atoms with Gasteiger partial charge in [-0.2, -0.15) is 0 Å². The number of aromatic nitrogens is 4. The molecule has 8 bridgehead atoms. The third-order valence-corrected chi connectivity index (χ3v) is 4.93. The number of aromatic hydroxyl groups is 3. The number of nitrogens with one attached hydrogen (secondary N) is 2. The van der Waals surface area contributed by atoms with Gasteiger partial charge in [0.25, 0.3) is 0 Å². The summed E-state index contributed by atoms with van der Waals surface area (Å²) in [5.41, 5.74) is 7.86. The fourth-order valence-electron chi connectivity index (χ4n) is 3.52. The van der Waals surface area contributed by atoms with Gasteiger partial charge < -0.3 is 25.3 Å². The van der Waals surface area contributed by atoms with E-state index >= 15 is 0 Å².